The van der Waals surface area contributed by atoms with Gasteiger partial charge in [-0.25, -0.2) is 4.39 Å². The van der Waals surface area contributed by atoms with Crippen LogP contribution in [0.5, 0.6) is 0 Å². The highest BCUT2D eigenvalue weighted by Gasteiger charge is 2.08. The maximum atomic E-state index is 13.2. The zero-order valence-corrected chi connectivity index (χ0v) is 10.8. The lowest BCUT2D eigenvalue weighted by Crippen LogP contribution is -2.16. The molecule has 6 heteroatoms. The molecule has 0 fully saturated rings. The Labute approximate surface area is 109 Å². The van der Waals surface area contributed by atoms with Gasteiger partial charge in [-0.3, -0.25) is 9.59 Å². The molecule has 0 aliphatic heterocycles. The van der Waals surface area contributed by atoms with Gasteiger partial charge in [0, 0.05) is 0 Å². The van der Waals surface area contributed by atoms with Crippen LogP contribution in [0, 0.1) is 5.82 Å². The van der Waals surface area contributed by atoms with Crippen LogP contribution in [0.15, 0.2) is 24.3 Å². The highest BCUT2D eigenvalue weighted by Crippen LogP contribution is 2.13. The molecular weight excluding hydrogens is 257 g/mol. The van der Waals surface area contributed by atoms with Gasteiger partial charge in [0.15, 0.2) is 0 Å². The number of carbonyl (C=O) groups excluding carboxylic acids is 2. The van der Waals surface area contributed by atoms with Crippen molar-refractivity contribution in [3.63, 3.8) is 0 Å². The first kappa shape index (κ1) is 14.5. The van der Waals surface area contributed by atoms with E-state index in [1.54, 1.807) is 19.1 Å². The Bertz CT molecular complexity index is 426. The molecule has 0 heterocycles. The van der Waals surface area contributed by atoms with Crippen LogP contribution in [-0.2, 0) is 14.3 Å². The zero-order chi connectivity index (χ0) is 13.4. The average molecular weight is 271 g/mol. The maximum Gasteiger partial charge on any atom is 0.315 e. The van der Waals surface area contributed by atoms with Crippen molar-refractivity contribution in [3.05, 3.63) is 30.1 Å². The Hall–Kier alpha value is -1.56. The van der Waals surface area contributed by atoms with Crippen molar-refractivity contribution in [1.82, 2.24) is 0 Å². The standard InChI is InChI=1S/C12H14FNO3S/c1-2-17-12(16)8-18-7-11(15)14-10-6-4-3-5-9(10)13/h3-6H,2,7-8H2,1H3,(H,14,15). The number of hydrogen-bond acceptors (Lipinski definition) is 4. The van der Waals surface area contributed by atoms with Crippen molar-refractivity contribution in [2.75, 3.05) is 23.4 Å². The van der Waals surface area contributed by atoms with Crippen LogP contribution in [0.3, 0.4) is 0 Å². The van der Waals surface area contributed by atoms with Crippen molar-refractivity contribution in [2.24, 2.45) is 0 Å². The summed E-state index contributed by atoms with van der Waals surface area (Å²) in [4.78, 5) is 22.5. The van der Waals surface area contributed by atoms with Gasteiger partial charge in [0.1, 0.15) is 5.82 Å². The number of benzene rings is 1. The van der Waals surface area contributed by atoms with Gasteiger partial charge in [-0.15, -0.1) is 11.8 Å². The van der Waals surface area contributed by atoms with Crippen LogP contribution < -0.4 is 5.32 Å². The molecule has 1 amide bonds. The highest BCUT2D eigenvalue weighted by atomic mass is 32.2. The summed E-state index contributed by atoms with van der Waals surface area (Å²) in [5.41, 5.74) is 0.138. The molecule has 0 saturated heterocycles. The van der Waals surface area contributed by atoms with Crippen molar-refractivity contribution < 1.29 is 18.7 Å². The van der Waals surface area contributed by atoms with Crippen molar-refractivity contribution in [2.45, 2.75) is 6.92 Å². The molecule has 0 aliphatic rings. The summed E-state index contributed by atoms with van der Waals surface area (Å²) in [6.07, 6.45) is 0. The number of halogens is 1. The monoisotopic (exact) mass is 271 g/mol. The third-order valence-electron chi connectivity index (χ3n) is 1.91. The molecule has 0 unspecified atom stereocenters. The summed E-state index contributed by atoms with van der Waals surface area (Å²) in [6, 6.07) is 5.91. The Morgan fingerprint density at radius 1 is 1.33 bits per heavy atom. The topological polar surface area (TPSA) is 55.4 Å². The Kier molecular flexibility index (Phi) is 6.21. The number of hydrogen-bond donors (Lipinski definition) is 1. The molecule has 0 spiro atoms. The van der Waals surface area contributed by atoms with E-state index in [2.05, 4.69) is 5.32 Å². The predicted octanol–water partition coefficient (Wildman–Crippen LogP) is 2.06. The first-order chi connectivity index (χ1) is 8.63. The van der Waals surface area contributed by atoms with Gasteiger partial charge in [-0.05, 0) is 19.1 Å². The van der Waals surface area contributed by atoms with Gasteiger partial charge >= 0.3 is 5.97 Å². The van der Waals surface area contributed by atoms with Gasteiger partial charge in [0.05, 0.1) is 23.8 Å². The van der Waals surface area contributed by atoms with Crippen LogP contribution in [-0.4, -0.2) is 30.0 Å². The summed E-state index contributed by atoms with van der Waals surface area (Å²) in [7, 11) is 0. The molecule has 4 nitrogen and oxygen atoms in total. The maximum absolute atomic E-state index is 13.2. The molecule has 0 bridgehead atoms. The Morgan fingerprint density at radius 2 is 2.06 bits per heavy atom. The molecule has 18 heavy (non-hydrogen) atoms. The van der Waals surface area contributed by atoms with E-state index in [-0.39, 0.29) is 29.1 Å². The van der Waals surface area contributed by atoms with E-state index in [0.717, 1.165) is 11.8 Å². The van der Waals surface area contributed by atoms with Crippen molar-refractivity contribution in [1.29, 1.82) is 0 Å². The SMILES string of the molecule is CCOC(=O)CSCC(=O)Nc1ccccc1F. The zero-order valence-electron chi connectivity index (χ0n) is 9.94. The van der Waals surface area contributed by atoms with Crippen LogP contribution >= 0.6 is 11.8 Å². The van der Waals surface area contributed by atoms with E-state index in [0.29, 0.717) is 6.61 Å². The molecule has 1 aromatic carbocycles. The largest absolute Gasteiger partial charge is 0.465 e. The van der Waals surface area contributed by atoms with E-state index < -0.39 is 5.82 Å². The Balaban J connectivity index is 2.30. The van der Waals surface area contributed by atoms with Crippen LogP contribution in [0.25, 0.3) is 0 Å². The molecule has 0 atom stereocenters. The molecule has 0 saturated carbocycles. The lowest BCUT2D eigenvalue weighted by atomic mass is 10.3. The minimum absolute atomic E-state index is 0.0765. The lowest BCUT2D eigenvalue weighted by molar-refractivity contribution is -0.139. The van der Waals surface area contributed by atoms with E-state index in [9.17, 15) is 14.0 Å². The smallest absolute Gasteiger partial charge is 0.315 e. The molecule has 0 radical (unpaired) electrons. The van der Waals surface area contributed by atoms with E-state index in [4.69, 9.17) is 4.74 Å². The minimum Gasteiger partial charge on any atom is -0.465 e. The molecule has 1 N–H and O–H groups in total. The quantitative estimate of drug-likeness (QED) is 0.805. The molecule has 0 aliphatic carbocycles. The molecule has 0 aromatic heterocycles. The molecular formula is C12H14FNO3S. The highest BCUT2D eigenvalue weighted by molar-refractivity contribution is 8.00. The number of anilines is 1. The second kappa shape index (κ2) is 7.71. The van der Waals surface area contributed by atoms with Crippen LogP contribution in [0.4, 0.5) is 10.1 Å². The number of esters is 1. The van der Waals surface area contributed by atoms with Gasteiger partial charge < -0.3 is 10.1 Å². The summed E-state index contributed by atoms with van der Waals surface area (Å²) in [5.74, 6) is -1.01. The average Bonchev–Trinajstić information content (AvgIpc) is 2.32. The molecule has 98 valence electrons. The van der Waals surface area contributed by atoms with Gasteiger partial charge in [-0.1, -0.05) is 12.1 Å². The summed E-state index contributed by atoms with van der Waals surface area (Å²) < 4.78 is 17.9. The first-order valence-electron chi connectivity index (χ1n) is 5.41. The van der Waals surface area contributed by atoms with Gasteiger partial charge in [0.25, 0.3) is 0 Å². The number of amides is 1. The fourth-order valence-corrected chi connectivity index (χ4v) is 1.79. The number of ether oxygens (including phenoxy) is 1. The lowest BCUT2D eigenvalue weighted by Gasteiger charge is -2.05. The molecule has 1 rings (SSSR count). The number of rotatable bonds is 6. The normalized spacial score (nSPS) is 9.89. The minimum atomic E-state index is -0.485. The predicted molar refractivity (Wildman–Crippen MR) is 69.0 cm³/mol. The second-order valence-corrected chi connectivity index (χ2v) is 4.31. The second-order valence-electron chi connectivity index (χ2n) is 3.33. The first-order valence-corrected chi connectivity index (χ1v) is 6.56. The number of para-hydroxylation sites is 1. The number of thioether (sulfide) groups is 1. The fourth-order valence-electron chi connectivity index (χ4n) is 1.18. The van der Waals surface area contributed by atoms with E-state index in [1.165, 1.54) is 12.1 Å². The number of nitrogens with one attached hydrogen (secondary N) is 1. The Morgan fingerprint density at radius 3 is 2.72 bits per heavy atom. The summed E-state index contributed by atoms with van der Waals surface area (Å²) >= 11 is 1.13. The third kappa shape index (κ3) is 5.18. The number of carbonyl (C=O) groups is 2. The van der Waals surface area contributed by atoms with Crippen molar-refractivity contribution >= 4 is 29.3 Å². The van der Waals surface area contributed by atoms with Gasteiger partial charge in [0.2, 0.25) is 5.91 Å². The third-order valence-corrected chi connectivity index (χ3v) is 2.81. The van der Waals surface area contributed by atoms with Crippen molar-refractivity contribution in [3.8, 4) is 0 Å². The van der Waals surface area contributed by atoms with Crippen LogP contribution in [0.1, 0.15) is 6.92 Å². The fraction of sp³-hybridized carbons (Fsp3) is 0.333. The van der Waals surface area contributed by atoms with E-state index >= 15 is 0 Å². The van der Waals surface area contributed by atoms with Crippen LogP contribution in [0.2, 0.25) is 0 Å². The van der Waals surface area contributed by atoms with Gasteiger partial charge in [-0.2, -0.15) is 0 Å². The summed E-state index contributed by atoms with van der Waals surface area (Å²) in [5, 5.41) is 2.43. The molecule has 1 aromatic rings. The summed E-state index contributed by atoms with van der Waals surface area (Å²) in [6.45, 7) is 2.04. The van der Waals surface area contributed by atoms with E-state index in [1.807, 2.05) is 0 Å².